The summed E-state index contributed by atoms with van der Waals surface area (Å²) in [5, 5.41) is 10.8. The summed E-state index contributed by atoms with van der Waals surface area (Å²) in [6.45, 7) is 4.24. The average Bonchev–Trinajstić information content (AvgIpc) is 2.82. The van der Waals surface area contributed by atoms with E-state index in [4.69, 9.17) is 23.2 Å². The Balaban J connectivity index is 2.20. The van der Waals surface area contributed by atoms with Crippen LogP contribution in [0.15, 0.2) is 23.4 Å². The normalized spacial score (nSPS) is 11.2. The lowest BCUT2D eigenvalue weighted by Gasteiger charge is -2.17. The fourth-order valence-corrected chi connectivity index (χ4v) is 3.53. The van der Waals surface area contributed by atoms with E-state index in [1.165, 1.54) is 0 Å². The summed E-state index contributed by atoms with van der Waals surface area (Å²) < 4.78 is 2.12. The van der Waals surface area contributed by atoms with Gasteiger partial charge in [-0.1, -0.05) is 41.0 Å². The number of nitrogens with zero attached hydrogens (tertiary/aromatic N) is 4. The van der Waals surface area contributed by atoms with Crippen LogP contribution >= 0.6 is 35.0 Å². The number of thioether (sulfide) groups is 1. The lowest BCUT2D eigenvalue weighted by molar-refractivity contribution is 0.549. The van der Waals surface area contributed by atoms with Crippen LogP contribution in [0.2, 0.25) is 10.0 Å². The standard InChI is InChI=1S/C14H18Cl2N4S/c1-9(2)20-13(19(3)4)17-18-14(20)21-8-10-5-6-11(15)7-12(10)16/h5-7,9H,8H2,1-4H3. The zero-order valence-electron chi connectivity index (χ0n) is 12.5. The molecule has 0 aliphatic carbocycles. The number of hydrogen-bond acceptors (Lipinski definition) is 4. The van der Waals surface area contributed by atoms with Crippen molar-refractivity contribution < 1.29 is 0 Å². The molecule has 21 heavy (non-hydrogen) atoms. The molecule has 2 aromatic rings. The van der Waals surface area contributed by atoms with Gasteiger partial charge in [0.1, 0.15) is 0 Å². The molecule has 1 aromatic heterocycles. The molecule has 0 atom stereocenters. The van der Waals surface area contributed by atoms with Crippen molar-refractivity contribution in [1.29, 1.82) is 0 Å². The van der Waals surface area contributed by atoms with E-state index in [0.29, 0.717) is 16.1 Å². The van der Waals surface area contributed by atoms with Crippen LogP contribution in [-0.2, 0) is 5.75 Å². The molecule has 0 N–H and O–H groups in total. The van der Waals surface area contributed by atoms with E-state index in [9.17, 15) is 0 Å². The molecule has 114 valence electrons. The number of halogens is 2. The quantitative estimate of drug-likeness (QED) is 0.746. The Morgan fingerprint density at radius 1 is 1.24 bits per heavy atom. The average molecular weight is 345 g/mol. The predicted octanol–water partition coefficient (Wildman–Crippen LogP) is 4.52. The molecule has 0 fully saturated rings. The van der Waals surface area contributed by atoms with E-state index < -0.39 is 0 Å². The molecule has 2 rings (SSSR count). The van der Waals surface area contributed by atoms with Crippen molar-refractivity contribution in [3.05, 3.63) is 33.8 Å². The van der Waals surface area contributed by atoms with E-state index in [0.717, 1.165) is 22.4 Å². The van der Waals surface area contributed by atoms with E-state index in [1.807, 2.05) is 31.1 Å². The largest absolute Gasteiger partial charge is 0.347 e. The summed E-state index contributed by atoms with van der Waals surface area (Å²) in [5.41, 5.74) is 1.04. The number of hydrogen-bond donors (Lipinski definition) is 0. The molecule has 0 saturated carbocycles. The molecular weight excluding hydrogens is 327 g/mol. The first-order valence-electron chi connectivity index (χ1n) is 6.59. The molecule has 0 unspecified atom stereocenters. The highest BCUT2D eigenvalue weighted by molar-refractivity contribution is 7.98. The highest BCUT2D eigenvalue weighted by atomic mass is 35.5. The van der Waals surface area contributed by atoms with E-state index in [1.54, 1.807) is 17.8 Å². The lowest BCUT2D eigenvalue weighted by Crippen LogP contribution is -2.17. The second-order valence-corrected chi connectivity index (χ2v) is 6.95. The van der Waals surface area contributed by atoms with Crippen molar-refractivity contribution in [1.82, 2.24) is 14.8 Å². The van der Waals surface area contributed by atoms with Gasteiger partial charge in [-0.05, 0) is 31.5 Å². The van der Waals surface area contributed by atoms with Crippen molar-refractivity contribution in [3.8, 4) is 0 Å². The molecular formula is C14H18Cl2N4S. The molecule has 0 amide bonds. The smallest absolute Gasteiger partial charge is 0.227 e. The number of rotatable bonds is 5. The first-order valence-corrected chi connectivity index (χ1v) is 8.33. The molecule has 0 aliphatic heterocycles. The van der Waals surface area contributed by atoms with Gasteiger partial charge in [0, 0.05) is 35.9 Å². The van der Waals surface area contributed by atoms with Crippen LogP contribution in [0, 0.1) is 0 Å². The minimum Gasteiger partial charge on any atom is -0.347 e. The van der Waals surface area contributed by atoms with Gasteiger partial charge >= 0.3 is 0 Å². The van der Waals surface area contributed by atoms with Gasteiger partial charge in [-0.25, -0.2) is 0 Å². The highest BCUT2D eigenvalue weighted by Crippen LogP contribution is 2.30. The maximum atomic E-state index is 6.20. The fourth-order valence-electron chi connectivity index (χ4n) is 1.91. The van der Waals surface area contributed by atoms with Gasteiger partial charge in [-0.2, -0.15) is 0 Å². The van der Waals surface area contributed by atoms with E-state index >= 15 is 0 Å². The van der Waals surface area contributed by atoms with Crippen molar-refractivity contribution in [2.45, 2.75) is 30.8 Å². The summed E-state index contributed by atoms with van der Waals surface area (Å²) in [5.74, 6) is 1.59. The summed E-state index contributed by atoms with van der Waals surface area (Å²) in [7, 11) is 3.93. The third kappa shape index (κ3) is 3.84. The van der Waals surface area contributed by atoms with E-state index in [-0.39, 0.29) is 0 Å². The molecule has 0 radical (unpaired) electrons. The molecule has 4 nitrogen and oxygen atoms in total. The molecule has 0 bridgehead atoms. The Morgan fingerprint density at radius 2 is 1.95 bits per heavy atom. The third-order valence-electron chi connectivity index (χ3n) is 2.93. The highest BCUT2D eigenvalue weighted by Gasteiger charge is 2.17. The van der Waals surface area contributed by atoms with Crippen LogP contribution < -0.4 is 4.90 Å². The SMILES string of the molecule is CC(C)n1c(SCc2ccc(Cl)cc2Cl)nnc1N(C)C. The van der Waals surface area contributed by atoms with Gasteiger partial charge in [0.05, 0.1) is 0 Å². The molecule has 1 heterocycles. The Morgan fingerprint density at radius 3 is 2.52 bits per heavy atom. The number of aromatic nitrogens is 3. The van der Waals surface area contributed by atoms with Crippen LogP contribution in [0.4, 0.5) is 5.95 Å². The first-order chi connectivity index (χ1) is 9.90. The topological polar surface area (TPSA) is 34.0 Å². The molecule has 7 heteroatoms. The third-order valence-corrected chi connectivity index (χ3v) is 4.51. The second-order valence-electron chi connectivity index (χ2n) is 5.17. The first kappa shape index (κ1) is 16.5. The van der Waals surface area contributed by atoms with Gasteiger partial charge in [0.25, 0.3) is 0 Å². The minimum atomic E-state index is 0.292. The second kappa shape index (κ2) is 6.90. The van der Waals surface area contributed by atoms with Gasteiger partial charge < -0.3 is 4.90 Å². The summed E-state index contributed by atoms with van der Waals surface area (Å²) in [6.07, 6.45) is 0. The van der Waals surface area contributed by atoms with Gasteiger partial charge in [0.2, 0.25) is 5.95 Å². The Bertz CT molecular complexity index is 625. The van der Waals surface area contributed by atoms with Crippen molar-refractivity contribution in [3.63, 3.8) is 0 Å². The lowest BCUT2D eigenvalue weighted by atomic mass is 10.2. The Labute approximate surface area is 139 Å². The van der Waals surface area contributed by atoms with Crippen molar-refractivity contribution >= 4 is 40.9 Å². The molecule has 0 saturated heterocycles. The number of anilines is 1. The van der Waals surface area contributed by atoms with Crippen LogP contribution in [0.5, 0.6) is 0 Å². The summed E-state index contributed by atoms with van der Waals surface area (Å²) in [4.78, 5) is 1.96. The Hall–Kier alpha value is -0.910. The Kier molecular flexibility index (Phi) is 5.41. The maximum absolute atomic E-state index is 6.20. The predicted molar refractivity (Wildman–Crippen MR) is 90.8 cm³/mol. The van der Waals surface area contributed by atoms with Crippen LogP contribution in [0.25, 0.3) is 0 Å². The van der Waals surface area contributed by atoms with Crippen molar-refractivity contribution in [2.24, 2.45) is 0 Å². The molecule has 0 spiro atoms. The van der Waals surface area contributed by atoms with Gasteiger partial charge in [0.15, 0.2) is 5.16 Å². The van der Waals surface area contributed by atoms with Crippen LogP contribution in [-0.4, -0.2) is 28.9 Å². The maximum Gasteiger partial charge on any atom is 0.227 e. The van der Waals surface area contributed by atoms with E-state index in [2.05, 4.69) is 28.6 Å². The molecule has 0 aliphatic rings. The van der Waals surface area contributed by atoms with Crippen molar-refractivity contribution in [2.75, 3.05) is 19.0 Å². The van der Waals surface area contributed by atoms with Crippen LogP contribution in [0.1, 0.15) is 25.5 Å². The fraction of sp³-hybridized carbons (Fsp3) is 0.429. The number of benzene rings is 1. The van der Waals surface area contributed by atoms with Gasteiger partial charge in [-0.15, -0.1) is 10.2 Å². The van der Waals surface area contributed by atoms with Crippen LogP contribution in [0.3, 0.4) is 0 Å². The zero-order valence-corrected chi connectivity index (χ0v) is 14.8. The summed E-state index contributed by atoms with van der Waals surface area (Å²) >= 11 is 13.7. The monoisotopic (exact) mass is 344 g/mol. The minimum absolute atomic E-state index is 0.292. The zero-order chi connectivity index (χ0) is 15.6. The molecule has 1 aromatic carbocycles. The van der Waals surface area contributed by atoms with Gasteiger partial charge in [-0.3, -0.25) is 4.57 Å². The summed E-state index contributed by atoms with van der Waals surface area (Å²) in [6, 6.07) is 5.85.